The van der Waals surface area contributed by atoms with Gasteiger partial charge >= 0.3 is 12.1 Å². The highest BCUT2D eigenvalue weighted by Gasteiger charge is 2.34. The number of rotatable bonds is 3. The number of nitrogens with one attached hydrogen (secondary N) is 1. The molecule has 0 aliphatic carbocycles. The van der Waals surface area contributed by atoms with E-state index in [1.807, 2.05) is 70.8 Å². The first-order valence-electron chi connectivity index (χ1n) is 17.0. The van der Waals surface area contributed by atoms with Gasteiger partial charge in [-0.3, -0.25) is 0 Å². The summed E-state index contributed by atoms with van der Waals surface area (Å²) in [6.45, 7) is 5.97. The van der Waals surface area contributed by atoms with E-state index in [9.17, 15) is 9.59 Å². The Kier molecular flexibility index (Phi) is 14.1. The van der Waals surface area contributed by atoms with Gasteiger partial charge in [0.2, 0.25) is 5.95 Å². The predicted octanol–water partition coefficient (Wildman–Crippen LogP) is 5.47. The molecule has 2 fully saturated rings. The molecule has 0 spiro atoms. The Morgan fingerprint density at radius 2 is 1.04 bits per heavy atom. The van der Waals surface area contributed by atoms with Crippen LogP contribution in [0.3, 0.4) is 0 Å². The molecule has 6 heterocycles. The van der Waals surface area contributed by atoms with Crippen LogP contribution in [-0.4, -0.2) is 117 Å². The summed E-state index contributed by atoms with van der Waals surface area (Å²) in [7, 11) is 0. The Hall–Kier alpha value is -5.28. The van der Waals surface area contributed by atoms with Crippen LogP contribution in [0.1, 0.15) is 43.5 Å². The van der Waals surface area contributed by atoms with E-state index >= 15 is 0 Å². The number of nitrogens with zero attached hydrogens (tertiary/aromatic N) is 11. The van der Waals surface area contributed by atoms with Gasteiger partial charge < -0.3 is 20.0 Å². The SMILES string of the molecule is Brc1ncccn1.C.O=C(N1CCN(c2ncccn2)CC1)N1N=CCC1c1ccccc1.O=C(N1CCNCC1)N1N=CCC1c1ccccc1. The predicted molar refractivity (Wildman–Crippen MR) is 206 cm³/mol. The highest BCUT2D eigenvalue weighted by atomic mass is 79.9. The van der Waals surface area contributed by atoms with E-state index in [0.717, 1.165) is 69.2 Å². The highest BCUT2D eigenvalue weighted by molar-refractivity contribution is 9.10. The molecule has 0 saturated carbocycles. The lowest BCUT2D eigenvalue weighted by atomic mass is 10.1. The largest absolute Gasteiger partial charge is 0.341 e. The zero-order valence-electron chi connectivity index (χ0n) is 28.2. The molecule has 14 nitrogen and oxygen atoms in total. The quantitative estimate of drug-likeness (QED) is 0.271. The summed E-state index contributed by atoms with van der Waals surface area (Å²) in [4.78, 5) is 47.4. The third kappa shape index (κ3) is 9.94. The first-order chi connectivity index (χ1) is 25.1. The summed E-state index contributed by atoms with van der Waals surface area (Å²) in [5.74, 6) is 0.718. The van der Waals surface area contributed by atoms with Gasteiger partial charge in [-0.05, 0) is 39.2 Å². The number of anilines is 1. The van der Waals surface area contributed by atoms with Crippen molar-refractivity contribution < 1.29 is 9.59 Å². The molecule has 1 N–H and O–H groups in total. The van der Waals surface area contributed by atoms with Crippen molar-refractivity contribution in [3.05, 3.63) is 113 Å². The molecule has 8 rings (SSSR count). The van der Waals surface area contributed by atoms with Gasteiger partial charge in [-0.2, -0.15) is 10.2 Å². The van der Waals surface area contributed by atoms with Crippen molar-refractivity contribution in [2.45, 2.75) is 32.4 Å². The van der Waals surface area contributed by atoms with Gasteiger partial charge in [0.1, 0.15) is 0 Å². The molecular weight excluding hydrogens is 724 g/mol. The molecular formula is C37H45BrN12O2. The molecule has 15 heteroatoms. The van der Waals surface area contributed by atoms with E-state index in [0.29, 0.717) is 17.8 Å². The summed E-state index contributed by atoms with van der Waals surface area (Å²) in [6.07, 6.45) is 12.0. The van der Waals surface area contributed by atoms with Crippen LogP contribution in [0.5, 0.6) is 0 Å². The number of carbonyl (C=O) groups excluding carboxylic acids is 2. The molecule has 52 heavy (non-hydrogen) atoms. The Morgan fingerprint density at radius 3 is 1.48 bits per heavy atom. The van der Waals surface area contributed by atoms with Crippen molar-refractivity contribution in [2.24, 2.45) is 10.2 Å². The Labute approximate surface area is 313 Å². The number of aromatic nitrogens is 4. The van der Waals surface area contributed by atoms with Gasteiger partial charge in [0, 0.05) is 102 Å². The van der Waals surface area contributed by atoms with E-state index in [1.165, 1.54) is 0 Å². The van der Waals surface area contributed by atoms with Gasteiger partial charge in [0.05, 0.1) is 12.1 Å². The molecule has 0 radical (unpaired) electrons. The smallest absolute Gasteiger partial charge is 0.337 e. The minimum absolute atomic E-state index is 0. The maximum atomic E-state index is 12.9. The van der Waals surface area contributed by atoms with Crippen molar-refractivity contribution in [3.8, 4) is 0 Å². The lowest BCUT2D eigenvalue weighted by molar-refractivity contribution is 0.136. The van der Waals surface area contributed by atoms with E-state index < -0.39 is 0 Å². The third-order valence-electron chi connectivity index (χ3n) is 8.73. The van der Waals surface area contributed by atoms with Crippen LogP contribution in [-0.2, 0) is 0 Å². The molecule has 2 aromatic carbocycles. The number of benzene rings is 2. The van der Waals surface area contributed by atoms with Gasteiger partial charge in [0.25, 0.3) is 0 Å². The van der Waals surface area contributed by atoms with Gasteiger partial charge in [0.15, 0.2) is 4.73 Å². The molecule has 0 bridgehead atoms. The van der Waals surface area contributed by atoms with E-state index in [1.54, 1.807) is 46.9 Å². The number of piperazine rings is 2. The fourth-order valence-electron chi connectivity index (χ4n) is 6.08. The maximum Gasteiger partial charge on any atom is 0.341 e. The lowest BCUT2D eigenvalue weighted by Crippen LogP contribution is -2.52. The number of hydrogen-bond donors (Lipinski definition) is 1. The van der Waals surface area contributed by atoms with Gasteiger partial charge in [-0.15, -0.1) is 0 Å². The fraction of sp³-hybridized carbons (Fsp3) is 0.351. The first-order valence-corrected chi connectivity index (χ1v) is 17.8. The fourth-order valence-corrected chi connectivity index (χ4v) is 6.32. The lowest BCUT2D eigenvalue weighted by Gasteiger charge is -2.37. The van der Waals surface area contributed by atoms with E-state index in [2.05, 4.69) is 68.4 Å². The van der Waals surface area contributed by atoms with Crippen LogP contribution in [0.15, 0.2) is 113 Å². The first kappa shape index (κ1) is 38.0. The van der Waals surface area contributed by atoms with Crippen LogP contribution in [0.2, 0.25) is 0 Å². The van der Waals surface area contributed by atoms with Crippen molar-refractivity contribution in [2.75, 3.05) is 57.3 Å². The zero-order chi connectivity index (χ0) is 35.3. The number of hydrogen-bond acceptors (Lipinski definition) is 10. The molecule has 2 saturated heterocycles. The summed E-state index contributed by atoms with van der Waals surface area (Å²) in [6, 6.07) is 23.8. The Morgan fingerprint density at radius 1 is 0.596 bits per heavy atom. The Bertz CT molecular complexity index is 1720. The molecule has 272 valence electrons. The Balaban J connectivity index is 0.000000171. The topological polar surface area (TPSA) is 139 Å². The standard InChI is InChI=1S/C18H20N6O.C14H18N4O.C4H3BrN2.CH4/c25-18(24-16(7-10-21-24)15-5-2-1-3-6-15)23-13-11-22(12-14-23)17-19-8-4-9-20-17;19-14(17-10-8-15-9-11-17)18-13(6-7-16-18)12-4-2-1-3-5-12;5-4-6-2-1-3-7-4;/h1-6,8-10,16H,7,11-14H2;1-5,7,13,15H,6,8-11H2;1-3H;1H4. The zero-order valence-corrected chi connectivity index (χ0v) is 29.8. The monoisotopic (exact) mass is 768 g/mol. The number of halogens is 1. The number of carbonyl (C=O) groups is 2. The summed E-state index contributed by atoms with van der Waals surface area (Å²) in [5, 5.41) is 15.1. The minimum atomic E-state index is -0.0313. The van der Waals surface area contributed by atoms with Crippen LogP contribution in [0.25, 0.3) is 0 Å². The molecule has 4 amide bonds. The second-order valence-corrected chi connectivity index (χ2v) is 12.7. The average molecular weight is 770 g/mol. The second-order valence-electron chi connectivity index (χ2n) is 12.0. The van der Waals surface area contributed by atoms with Crippen molar-refractivity contribution in [3.63, 3.8) is 0 Å². The van der Waals surface area contributed by atoms with Crippen LogP contribution < -0.4 is 10.2 Å². The number of urea groups is 2. The second kappa shape index (κ2) is 19.4. The molecule has 2 atom stereocenters. The number of amides is 4. The normalized spacial score (nSPS) is 19.2. The molecule has 2 unspecified atom stereocenters. The minimum Gasteiger partial charge on any atom is -0.337 e. The maximum absolute atomic E-state index is 12.9. The molecule has 4 aliphatic rings. The van der Waals surface area contributed by atoms with Gasteiger partial charge in [-0.25, -0.2) is 39.5 Å². The van der Waals surface area contributed by atoms with Crippen molar-refractivity contribution >= 4 is 46.4 Å². The summed E-state index contributed by atoms with van der Waals surface area (Å²) < 4.78 is 0.634. The average Bonchev–Trinajstić information content (AvgIpc) is 3.91. The van der Waals surface area contributed by atoms with Crippen molar-refractivity contribution in [1.29, 1.82) is 0 Å². The van der Waals surface area contributed by atoms with Crippen LogP contribution in [0, 0.1) is 0 Å². The van der Waals surface area contributed by atoms with E-state index in [4.69, 9.17) is 0 Å². The van der Waals surface area contributed by atoms with Crippen LogP contribution in [0.4, 0.5) is 15.5 Å². The third-order valence-corrected chi connectivity index (χ3v) is 9.14. The van der Waals surface area contributed by atoms with Gasteiger partial charge in [-0.1, -0.05) is 68.1 Å². The number of hydrazone groups is 2. The molecule has 2 aromatic heterocycles. The van der Waals surface area contributed by atoms with E-state index in [-0.39, 0.29) is 31.6 Å². The molecule has 4 aliphatic heterocycles. The van der Waals surface area contributed by atoms with Crippen molar-refractivity contribution in [1.82, 2.24) is 45.1 Å². The van der Waals surface area contributed by atoms with Crippen LogP contribution >= 0.6 is 15.9 Å². The highest BCUT2D eigenvalue weighted by Crippen LogP contribution is 2.30. The molecule has 4 aromatic rings. The summed E-state index contributed by atoms with van der Waals surface area (Å²) >= 11 is 3.09. The summed E-state index contributed by atoms with van der Waals surface area (Å²) in [5.41, 5.74) is 2.26.